The lowest BCUT2D eigenvalue weighted by Crippen LogP contribution is -2.20. The van der Waals surface area contributed by atoms with Gasteiger partial charge in [0.25, 0.3) is 0 Å². The molecular weight excluding hydrogens is 268 g/mol. The van der Waals surface area contributed by atoms with E-state index >= 15 is 0 Å². The molecule has 0 radical (unpaired) electrons. The summed E-state index contributed by atoms with van der Waals surface area (Å²) < 4.78 is 16.1. The van der Waals surface area contributed by atoms with E-state index in [1.807, 2.05) is 6.07 Å². The first-order chi connectivity index (χ1) is 10.1. The molecule has 1 fully saturated rings. The maximum absolute atomic E-state index is 10.8. The van der Waals surface area contributed by atoms with E-state index in [2.05, 4.69) is 6.92 Å². The average Bonchev–Trinajstić information content (AvgIpc) is 2.52. The van der Waals surface area contributed by atoms with E-state index in [-0.39, 0.29) is 5.92 Å². The van der Waals surface area contributed by atoms with Gasteiger partial charge in [0.05, 0.1) is 27.4 Å². The fourth-order valence-corrected chi connectivity index (χ4v) is 3.31. The fourth-order valence-electron chi connectivity index (χ4n) is 3.31. The molecule has 0 bridgehead atoms. The predicted octanol–water partition coefficient (Wildman–Crippen LogP) is 3.57. The Morgan fingerprint density at radius 1 is 1.00 bits per heavy atom. The molecule has 1 aliphatic carbocycles. The van der Waals surface area contributed by atoms with Crippen molar-refractivity contribution < 1.29 is 19.3 Å². The van der Waals surface area contributed by atoms with Gasteiger partial charge >= 0.3 is 0 Å². The van der Waals surface area contributed by atoms with Crippen molar-refractivity contribution in [1.82, 2.24) is 0 Å². The molecule has 1 aliphatic rings. The lowest BCUT2D eigenvalue weighted by molar-refractivity contribution is 0.0690. The summed E-state index contributed by atoms with van der Waals surface area (Å²) in [6, 6.07) is 3.62. The van der Waals surface area contributed by atoms with Gasteiger partial charge in [0.1, 0.15) is 5.75 Å². The molecule has 2 rings (SSSR count). The normalized spacial score (nSPS) is 23.5. The minimum atomic E-state index is -0.525. The van der Waals surface area contributed by atoms with Crippen LogP contribution >= 0.6 is 0 Å². The van der Waals surface area contributed by atoms with Crippen molar-refractivity contribution in [1.29, 1.82) is 0 Å². The molecule has 1 N–H and O–H groups in total. The zero-order valence-corrected chi connectivity index (χ0v) is 13.4. The SMILES string of the molecule is COc1cc(OC)c(C(O)C2CCCC(C)C2)cc1OC. The van der Waals surface area contributed by atoms with Crippen molar-refractivity contribution in [3.05, 3.63) is 17.7 Å². The summed E-state index contributed by atoms with van der Waals surface area (Å²) in [5.74, 6) is 2.84. The quantitative estimate of drug-likeness (QED) is 0.902. The van der Waals surface area contributed by atoms with E-state index < -0.39 is 6.10 Å². The zero-order chi connectivity index (χ0) is 15.4. The number of hydrogen-bond donors (Lipinski definition) is 1. The van der Waals surface area contributed by atoms with Crippen molar-refractivity contribution >= 4 is 0 Å². The third-order valence-electron chi connectivity index (χ3n) is 4.48. The molecule has 0 amide bonds. The van der Waals surface area contributed by atoms with Gasteiger partial charge in [-0.05, 0) is 30.7 Å². The van der Waals surface area contributed by atoms with E-state index in [9.17, 15) is 5.11 Å². The molecule has 0 aliphatic heterocycles. The van der Waals surface area contributed by atoms with Gasteiger partial charge in [0, 0.05) is 11.6 Å². The summed E-state index contributed by atoms with van der Waals surface area (Å²) >= 11 is 0. The van der Waals surface area contributed by atoms with Crippen molar-refractivity contribution in [2.24, 2.45) is 11.8 Å². The third kappa shape index (κ3) is 3.43. The highest BCUT2D eigenvalue weighted by molar-refractivity contribution is 5.51. The van der Waals surface area contributed by atoms with Crippen LogP contribution in [0.4, 0.5) is 0 Å². The first-order valence-corrected chi connectivity index (χ1v) is 7.58. The maximum atomic E-state index is 10.8. The monoisotopic (exact) mass is 294 g/mol. The first kappa shape index (κ1) is 16.0. The van der Waals surface area contributed by atoms with Crippen LogP contribution in [0.2, 0.25) is 0 Å². The molecule has 3 unspecified atom stereocenters. The van der Waals surface area contributed by atoms with Crippen LogP contribution in [0.15, 0.2) is 12.1 Å². The van der Waals surface area contributed by atoms with Crippen LogP contribution in [0.5, 0.6) is 17.2 Å². The van der Waals surface area contributed by atoms with Crippen LogP contribution in [0.1, 0.15) is 44.3 Å². The summed E-state index contributed by atoms with van der Waals surface area (Å²) in [7, 11) is 4.81. The number of aliphatic hydroxyl groups excluding tert-OH is 1. The summed E-state index contributed by atoms with van der Waals surface area (Å²) in [5.41, 5.74) is 0.786. The molecule has 4 heteroatoms. The van der Waals surface area contributed by atoms with Crippen LogP contribution in [0.25, 0.3) is 0 Å². The lowest BCUT2D eigenvalue weighted by atomic mass is 9.78. The Morgan fingerprint density at radius 3 is 2.19 bits per heavy atom. The molecule has 4 nitrogen and oxygen atoms in total. The van der Waals surface area contributed by atoms with Gasteiger partial charge in [0.15, 0.2) is 11.5 Å². The van der Waals surface area contributed by atoms with Crippen molar-refractivity contribution in [3.63, 3.8) is 0 Å². The molecule has 0 spiro atoms. The number of hydrogen-bond acceptors (Lipinski definition) is 4. The van der Waals surface area contributed by atoms with Gasteiger partial charge in [0.2, 0.25) is 0 Å². The van der Waals surface area contributed by atoms with Crippen molar-refractivity contribution in [3.8, 4) is 17.2 Å². The molecule has 0 aromatic heterocycles. The highest BCUT2D eigenvalue weighted by atomic mass is 16.5. The second-order valence-corrected chi connectivity index (χ2v) is 5.93. The molecule has 21 heavy (non-hydrogen) atoms. The van der Waals surface area contributed by atoms with Gasteiger partial charge < -0.3 is 19.3 Å². The molecule has 0 heterocycles. The number of benzene rings is 1. The van der Waals surface area contributed by atoms with Gasteiger partial charge in [-0.15, -0.1) is 0 Å². The minimum absolute atomic E-state index is 0.278. The van der Waals surface area contributed by atoms with E-state index in [0.717, 1.165) is 18.4 Å². The number of rotatable bonds is 5. The zero-order valence-electron chi connectivity index (χ0n) is 13.4. The summed E-state index contributed by atoms with van der Waals surface area (Å²) in [6.45, 7) is 2.25. The minimum Gasteiger partial charge on any atom is -0.496 e. The smallest absolute Gasteiger partial charge is 0.164 e. The summed E-state index contributed by atoms with van der Waals surface area (Å²) in [4.78, 5) is 0. The van der Waals surface area contributed by atoms with Gasteiger partial charge in [-0.25, -0.2) is 0 Å². The Balaban J connectivity index is 2.32. The third-order valence-corrected chi connectivity index (χ3v) is 4.48. The summed E-state index contributed by atoms with van der Waals surface area (Å²) in [6.07, 6.45) is 4.02. The Kier molecular flexibility index (Phi) is 5.34. The van der Waals surface area contributed by atoms with E-state index in [4.69, 9.17) is 14.2 Å². The first-order valence-electron chi connectivity index (χ1n) is 7.58. The Morgan fingerprint density at radius 2 is 1.62 bits per heavy atom. The molecule has 3 atom stereocenters. The van der Waals surface area contributed by atoms with Crippen LogP contribution < -0.4 is 14.2 Å². The highest BCUT2D eigenvalue weighted by Crippen LogP contribution is 2.43. The Bertz CT molecular complexity index is 472. The van der Waals surface area contributed by atoms with Gasteiger partial charge in [-0.1, -0.05) is 19.8 Å². The van der Waals surface area contributed by atoms with Crippen LogP contribution in [0, 0.1) is 11.8 Å². The molecular formula is C17H26O4. The second-order valence-electron chi connectivity index (χ2n) is 5.93. The standard InChI is InChI=1S/C17H26O4/c1-11-6-5-7-12(8-11)17(18)13-9-15(20-3)16(21-4)10-14(13)19-2/h9-12,17-18H,5-8H2,1-4H3. The number of methoxy groups -OCH3 is 3. The Hall–Kier alpha value is -1.42. The van der Waals surface area contributed by atoms with Crippen molar-refractivity contribution in [2.75, 3.05) is 21.3 Å². The molecule has 1 aromatic carbocycles. The average molecular weight is 294 g/mol. The fraction of sp³-hybridized carbons (Fsp3) is 0.647. The lowest BCUT2D eigenvalue weighted by Gasteiger charge is -2.31. The molecule has 118 valence electrons. The van der Waals surface area contributed by atoms with Crippen LogP contribution in [0.3, 0.4) is 0 Å². The number of aliphatic hydroxyl groups is 1. The van der Waals surface area contributed by atoms with E-state index in [1.165, 1.54) is 12.8 Å². The maximum Gasteiger partial charge on any atom is 0.164 e. The van der Waals surface area contributed by atoms with Crippen LogP contribution in [-0.4, -0.2) is 26.4 Å². The van der Waals surface area contributed by atoms with E-state index in [1.54, 1.807) is 27.4 Å². The predicted molar refractivity (Wildman–Crippen MR) is 82.2 cm³/mol. The van der Waals surface area contributed by atoms with Gasteiger partial charge in [-0.3, -0.25) is 0 Å². The molecule has 1 aromatic rings. The largest absolute Gasteiger partial charge is 0.496 e. The topological polar surface area (TPSA) is 47.9 Å². The van der Waals surface area contributed by atoms with E-state index in [0.29, 0.717) is 23.2 Å². The second kappa shape index (κ2) is 7.03. The van der Waals surface area contributed by atoms with Crippen molar-refractivity contribution in [2.45, 2.75) is 38.7 Å². The molecule has 0 saturated heterocycles. The number of ether oxygens (including phenoxy) is 3. The Labute approximate surface area is 127 Å². The van der Waals surface area contributed by atoms with Gasteiger partial charge in [-0.2, -0.15) is 0 Å². The summed E-state index contributed by atoms with van der Waals surface area (Å²) in [5, 5.41) is 10.8. The highest BCUT2D eigenvalue weighted by Gasteiger charge is 2.29. The van der Waals surface area contributed by atoms with Crippen LogP contribution in [-0.2, 0) is 0 Å². The molecule has 1 saturated carbocycles.